The van der Waals surface area contributed by atoms with E-state index in [1.807, 2.05) is 6.92 Å². The lowest BCUT2D eigenvalue weighted by molar-refractivity contribution is -0.108. The molecule has 122 valence electrons. The highest BCUT2D eigenvalue weighted by molar-refractivity contribution is 7.16. The standard InChI is InChI=1S/C17H25NO3S/c1-4-20-15(19)13-11-5-6-17(9-12(11)22-14(13)18)7-8-21-16(2,3)10-17/h4-10,18H2,1-3H3. The molecule has 5 heteroatoms. The Morgan fingerprint density at radius 3 is 2.86 bits per heavy atom. The highest BCUT2D eigenvalue weighted by atomic mass is 32.1. The molecule has 0 radical (unpaired) electrons. The Labute approximate surface area is 136 Å². The number of hydrogen-bond acceptors (Lipinski definition) is 5. The van der Waals surface area contributed by atoms with Gasteiger partial charge in [0.2, 0.25) is 0 Å². The zero-order valence-electron chi connectivity index (χ0n) is 13.7. The van der Waals surface area contributed by atoms with E-state index in [4.69, 9.17) is 15.2 Å². The van der Waals surface area contributed by atoms with Crippen LogP contribution in [0.3, 0.4) is 0 Å². The molecule has 1 aromatic heterocycles. The summed E-state index contributed by atoms with van der Waals surface area (Å²) in [6, 6.07) is 0. The molecule has 2 heterocycles. The minimum absolute atomic E-state index is 0.0530. The number of fused-ring (bicyclic) bond motifs is 1. The summed E-state index contributed by atoms with van der Waals surface area (Å²) in [5.41, 5.74) is 8.13. The van der Waals surface area contributed by atoms with E-state index in [9.17, 15) is 4.79 Å². The molecule has 3 rings (SSSR count). The topological polar surface area (TPSA) is 61.5 Å². The Balaban J connectivity index is 1.88. The van der Waals surface area contributed by atoms with Gasteiger partial charge in [0.05, 0.1) is 17.8 Å². The van der Waals surface area contributed by atoms with Gasteiger partial charge in [0.15, 0.2) is 0 Å². The van der Waals surface area contributed by atoms with Gasteiger partial charge in [0, 0.05) is 11.5 Å². The van der Waals surface area contributed by atoms with E-state index >= 15 is 0 Å². The van der Waals surface area contributed by atoms with Crippen molar-refractivity contribution in [1.29, 1.82) is 0 Å². The van der Waals surface area contributed by atoms with Crippen LogP contribution in [0.15, 0.2) is 0 Å². The summed E-state index contributed by atoms with van der Waals surface area (Å²) in [4.78, 5) is 13.4. The highest BCUT2D eigenvalue weighted by Gasteiger charge is 2.44. The Kier molecular flexibility index (Phi) is 3.98. The smallest absolute Gasteiger partial charge is 0.341 e. The van der Waals surface area contributed by atoms with Gasteiger partial charge in [0.1, 0.15) is 5.00 Å². The molecule has 1 aliphatic heterocycles. The Bertz CT molecular complexity index is 593. The summed E-state index contributed by atoms with van der Waals surface area (Å²) >= 11 is 1.57. The molecular weight excluding hydrogens is 298 g/mol. The van der Waals surface area contributed by atoms with Crippen molar-refractivity contribution in [2.75, 3.05) is 18.9 Å². The zero-order valence-corrected chi connectivity index (χ0v) is 14.5. The van der Waals surface area contributed by atoms with Gasteiger partial charge in [-0.2, -0.15) is 0 Å². The molecule has 1 atom stereocenters. The minimum Gasteiger partial charge on any atom is -0.462 e. The van der Waals surface area contributed by atoms with Crippen molar-refractivity contribution < 1.29 is 14.3 Å². The second-order valence-electron chi connectivity index (χ2n) is 7.18. The van der Waals surface area contributed by atoms with E-state index in [0.29, 0.717) is 22.6 Å². The van der Waals surface area contributed by atoms with Crippen molar-refractivity contribution in [1.82, 2.24) is 0 Å². The molecule has 1 saturated heterocycles. The van der Waals surface area contributed by atoms with Crippen LogP contribution in [0.1, 0.15) is 60.8 Å². The quantitative estimate of drug-likeness (QED) is 0.845. The van der Waals surface area contributed by atoms with Crippen LogP contribution in [0.25, 0.3) is 0 Å². The first-order valence-corrected chi connectivity index (χ1v) is 8.89. The zero-order chi connectivity index (χ0) is 16.0. The molecule has 2 N–H and O–H groups in total. The number of ether oxygens (including phenoxy) is 2. The minimum atomic E-state index is -0.263. The molecule has 1 spiro atoms. The summed E-state index contributed by atoms with van der Waals surface area (Å²) in [5.74, 6) is -0.263. The first kappa shape index (κ1) is 15.8. The van der Waals surface area contributed by atoms with Gasteiger partial charge in [-0.3, -0.25) is 0 Å². The molecule has 4 nitrogen and oxygen atoms in total. The second-order valence-corrected chi connectivity index (χ2v) is 8.31. The lowest BCUT2D eigenvalue weighted by Crippen LogP contribution is -2.44. The molecule has 1 fully saturated rings. The van der Waals surface area contributed by atoms with Crippen LogP contribution in [0.4, 0.5) is 5.00 Å². The van der Waals surface area contributed by atoms with Crippen LogP contribution in [0.5, 0.6) is 0 Å². The van der Waals surface area contributed by atoms with E-state index < -0.39 is 0 Å². The first-order valence-electron chi connectivity index (χ1n) is 8.07. The number of nitrogen functional groups attached to an aromatic ring is 1. The second kappa shape index (κ2) is 5.53. The predicted molar refractivity (Wildman–Crippen MR) is 88.4 cm³/mol. The maximum absolute atomic E-state index is 12.2. The van der Waals surface area contributed by atoms with Crippen molar-refractivity contribution in [3.8, 4) is 0 Å². The number of thiophene rings is 1. The van der Waals surface area contributed by atoms with Gasteiger partial charge in [-0.15, -0.1) is 11.3 Å². The van der Waals surface area contributed by atoms with Crippen LogP contribution in [-0.4, -0.2) is 24.8 Å². The summed E-state index contributed by atoms with van der Waals surface area (Å²) in [5, 5.41) is 0.617. The average Bonchev–Trinajstić information content (AvgIpc) is 2.72. The van der Waals surface area contributed by atoms with Crippen molar-refractivity contribution in [3.05, 3.63) is 16.0 Å². The maximum atomic E-state index is 12.2. The maximum Gasteiger partial charge on any atom is 0.341 e. The van der Waals surface area contributed by atoms with Crippen LogP contribution < -0.4 is 5.73 Å². The molecule has 0 saturated carbocycles. The lowest BCUT2D eigenvalue weighted by Gasteiger charge is -2.47. The Morgan fingerprint density at radius 2 is 2.18 bits per heavy atom. The SMILES string of the molecule is CCOC(=O)c1c(N)sc2c1CCC1(CCOC(C)(C)C1)C2. The number of anilines is 1. The van der Waals surface area contributed by atoms with Crippen molar-refractivity contribution in [2.24, 2.45) is 5.41 Å². The van der Waals surface area contributed by atoms with Crippen LogP contribution in [0, 0.1) is 5.41 Å². The monoisotopic (exact) mass is 323 g/mol. The number of hydrogen-bond donors (Lipinski definition) is 1. The van der Waals surface area contributed by atoms with Gasteiger partial charge >= 0.3 is 5.97 Å². The molecule has 1 aliphatic carbocycles. The fourth-order valence-electron chi connectivity index (χ4n) is 4.14. The third-order valence-corrected chi connectivity index (χ3v) is 6.03. The fourth-order valence-corrected chi connectivity index (χ4v) is 5.42. The summed E-state index contributed by atoms with van der Waals surface area (Å²) in [7, 11) is 0. The van der Waals surface area contributed by atoms with E-state index in [1.165, 1.54) is 4.88 Å². The Morgan fingerprint density at radius 1 is 1.41 bits per heavy atom. The number of carbonyl (C=O) groups is 1. The number of nitrogens with two attached hydrogens (primary N) is 1. The lowest BCUT2D eigenvalue weighted by atomic mass is 9.65. The normalized spacial score (nSPS) is 26.7. The van der Waals surface area contributed by atoms with E-state index in [-0.39, 0.29) is 11.6 Å². The van der Waals surface area contributed by atoms with Crippen LogP contribution in [0.2, 0.25) is 0 Å². The molecule has 1 aromatic rings. The molecule has 2 aliphatic rings. The van der Waals surface area contributed by atoms with Gasteiger partial charge in [0.25, 0.3) is 0 Å². The summed E-state index contributed by atoms with van der Waals surface area (Å²) in [6.07, 6.45) is 5.22. The molecule has 0 amide bonds. The number of rotatable bonds is 2. The largest absolute Gasteiger partial charge is 0.462 e. The van der Waals surface area contributed by atoms with Crippen LogP contribution >= 0.6 is 11.3 Å². The van der Waals surface area contributed by atoms with Crippen LogP contribution in [-0.2, 0) is 22.3 Å². The number of esters is 1. The molecule has 0 aromatic carbocycles. The third-order valence-electron chi connectivity index (χ3n) is 4.96. The van der Waals surface area contributed by atoms with E-state index in [1.54, 1.807) is 11.3 Å². The van der Waals surface area contributed by atoms with Crippen molar-refractivity contribution >= 4 is 22.3 Å². The summed E-state index contributed by atoms with van der Waals surface area (Å²) in [6.45, 7) is 7.39. The van der Waals surface area contributed by atoms with Crippen molar-refractivity contribution in [3.63, 3.8) is 0 Å². The van der Waals surface area contributed by atoms with Gasteiger partial charge in [-0.25, -0.2) is 4.79 Å². The molecule has 22 heavy (non-hydrogen) atoms. The van der Waals surface area contributed by atoms with Gasteiger partial charge < -0.3 is 15.2 Å². The summed E-state index contributed by atoms with van der Waals surface area (Å²) < 4.78 is 11.1. The Hall–Kier alpha value is -1.07. The van der Waals surface area contributed by atoms with E-state index in [2.05, 4.69) is 13.8 Å². The third kappa shape index (κ3) is 2.76. The average molecular weight is 323 g/mol. The van der Waals surface area contributed by atoms with E-state index in [0.717, 1.165) is 44.3 Å². The molecule has 0 bridgehead atoms. The predicted octanol–water partition coefficient (Wildman–Crippen LogP) is 3.57. The number of carbonyl (C=O) groups excluding carboxylic acids is 1. The highest BCUT2D eigenvalue weighted by Crippen LogP contribution is 2.50. The fraction of sp³-hybridized carbons (Fsp3) is 0.706. The molecular formula is C17H25NO3S. The van der Waals surface area contributed by atoms with Gasteiger partial charge in [-0.1, -0.05) is 0 Å². The van der Waals surface area contributed by atoms with Gasteiger partial charge in [-0.05, 0) is 63.9 Å². The molecule has 1 unspecified atom stereocenters. The first-order chi connectivity index (χ1) is 10.4. The van der Waals surface area contributed by atoms with Crippen molar-refractivity contribution in [2.45, 2.75) is 58.5 Å².